The Labute approximate surface area is 190 Å². The van der Waals surface area contributed by atoms with Crippen LogP contribution in [0.15, 0.2) is 15.8 Å². The highest BCUT2D eigenvalue weighted by molar-refractivity contribution is 7.09. The summed E-state index contributed by atoms with van der Waals surface area (Å²) in [5, 5.41) is 0.740. The van der Waals surface area contributed by atoms with E-state index in [0.717, 1.165) is 5.13 Å². The molecule has 0 aromatic carbocycles. The van der Waals surface area contributed by atoms with Gasteiger partial charge in [0.05, 0.1) is 24.9 Å². The van der Waals surface area contributed by atoms with Gasteiger partial charge >= 0.3 is 5.69 Å². The lowest BCUT2D eigenvalue weighted by Gasteiger charge is -2.37. The highest BCUT2D eigenvalue weighted by Gasteiger charge is 2.66. The fourth-order valence-corrected chi connectivity index (χ4v) is 5.02. The number of morpholine rings is 1. The molecule has 32 heavy (non-hydrogen) atoms. The molecule has 11 heteroatoms. The van der Waals surface area contributed by atoms with Crippen LogP contribution in [0, 0.1) is 13.8 Å². The quantitative estimate of drug-likeness (QED) is 0.687. The summed E-state index contributed by atoms with van der Waals surface area (Å²) in [7, 11) is 0. The third-order valence-corrected chi connectivity index (χ3v) is 6.44. The van der Waals surface area contributed by atoms with Crippen LogP contribution in [-0.2, 0) is 14.2 Å². The maximum Gasteiger partial charge on any atom is 0.330 e. The molecular weight excluding hydrogens is 434 g/mol. The second-order valence-electron chi connectivity index (χ2n) is 9.81. The molecule has 176 valence electrons. The van der Waals surface area contributed by atoms with Crippen molar-refractivity contribution in [2.45, 2.75) is 84.1 Å². The number of fused-ring (bicyclic) bond motifs is 2. The van der Waals surface area contributed by atoms with Gasteiger partial charge in [-0.3, -0.25) is 14.3 Å². The molecule has 10 nitrogen and oxygen atoms in total. The zero-order valence-corrected chi connectivity index (χ0v) is 20.4. The minimum atomic E-state index is -0.823. The van der Waals surface area contributed by atoms with Crippen molar-refractivity contribution in [2.75, 3.05) is 18.1 Å². The van der Waals surface area contributed by atoms with Crippen molar-refractivity contribution in [1.82, 2.24) is 18.9 Å². The van der Waals surface area contributed by atoms with E-state index in [-0.39, 0.29) is 12.1 Å². The normalized spacial score (nSPS) is 27.6. The van der Waals surface area contributed by atoms with Crippen LogP contribution in [0.1, 0.15) is 52.2 Å². The van der Waals surface area contributed by atoms with Gasteiger partial charge in [-0.2, -0.15) is 4.37 Å². The van der Waals surface area contributed by atoms with Gasteiger partial charge in [-0.1, -0.05) is 0 Å². The van der Waals surface area contributed by atoms with Crippen LogP contribution in [-0.4, -0.2) is 61.5 Å². The lowest BCUT2D eigenvalue weighted by Crippen LogP contribution is -2.51. The molecule has 0 spiro atoms. The van der Waals surface area contributed by atoms with Crippen molar-refractivity contribution in [3.8, 4) is 0 Å². The Bertz CT molecular complexity index is 1100. The third kappa shape index (κ3) is 4.14. The summed E-state index contributed by atoms with van der Waals surface area (Å²) >= 11 is 1.30. The van der Waals surface area contributed by atoms with Crippen LogP contribution >= 0.6 is 11.5 Å². The number of aromatic nitrogens is 4. The molecule has 0 saturated carbocycles. The Kier molecular flexibility index (Phi) is 5.81. The summed E-state index contributed by atoms with van der Waals surface area (Å²) in [6.07, 6.45) is 0.451. The molecule has 4 heterocycles. The average Bonchev–Trinajstić information content (AvgIpc) is 3.32. The highest BCUT2D eigenvalue weighted by atomic mass is 32.1. The molecule has 2 aromatic heterocycles. The fraction of sp³-hybridized carbons (Fsp3) is 0.714. The van der Waals surface area contributed by atoms with E-state index in [9.17, 15) is 9.59 Å². The summed E-state index contributed by atoms with van der Waals surface area (Å²) in [6.45, 7) is 14.2. The van der Waals surface area contributed by atoms with Gasteiger partial charge in [0.15, 0.2) is 6.23 Å². The van der Waals surface area contributed by atoms with Crippen LogP contribution in [0.2, 0.25) is 0 Å². The van der Waals surface area contributed by atoms with Crippen LogP contribution in [0.4, 0.5) is 5.13 Å². The molecule has 0 aliphatic carbocycles. The number of hydrogen-bond acceptors (Lipinski definition) is 9. The molecule has 4 atom stereocenters. The number of nitrogens with one attached hydrogen (secondary N) is 1. The third-order valence-electron chi connectivity index (χ3n) is 5.60. The van der Waals surface area contributed by atoms with E-state index >= 15 is 0 Å². The van der Waals surface area contributed by atoms with Crippen LogP contribution in [0.5, 0.6) is 0 Å². The first-order chi connectivity index (χ1) is 14.9. The number of aromatic amines is 1. The standard InChI is InChI=1S/C21H31N5O5S/c1-11(2)29-10-21-9-26(19-22-13(4)24-32-19)14(15(21)30-20(5,6)7)17(31-21)25-8-12(3)16(27)23-18(25)28/h8,11,14-15,17H,9-10H2,1-7H3,(H,23,27,28)/t14-,15+,17-,21-/m1/s1. The predicted octanol–water partition coefficient (Wildman–Crippen LogP) is 1.77. The molecular formula is C21H31N5O5S. The van der Waals surface area contributed by atoms with Gasteiger partial charge < -0.3 is 19.1 Å². The lowest BCUT2D eigenvalue weighted by atomic mass is 9.98. The lowest BCUT2D eigenvalue weighted by molar-refractivity contribution is -0.172. The number of hydrogen-bond donors (Lipinski definition) is 1. The van der Waals surface area contributed by atoms with Crippen molar-refractivity contribution in [3.05, 3.63) is 38.4 Å². The Morgan fingerprint density at radius 3 is 2.66 bits per heavy atom. The van der Waals surface area contributed by atoms with Crippen LogP contribution in [0.3, 0.4) is 0 Å². The molecule has 2 saturated heterocycles. The zero-order chi connectivity index (χ0) is 23.4. The van der Waals surface area contributed by atoms with Gasteiger partial charge in [0.25, 0.3) is 5.56 Å². The van der Waals surface area contributed by atoms with E-state index in [4.69, 9.17) is 14.2 Å². The molecule has 2 aliphatic rings. The summed E-state index contributed by atoms with van der Waals surface area (Å²) in [6, 6.07) is -0.361. The molecule has 2 fully saturated rings. The molecule has 0 unspecified atom stereocenters. The molecule has 1 N–H and O–H groups in total. The Morgan fingerprint density at radius 2 is 2.06 bits per heavy atom. The van der Waals surface area contributed by atoms with Gasteiger partial charge in [0, 0.05) is 23.3 Å². The van der Waals surface area contributed by atoms with Gasteiger partial charge in [0.2, 0.25) is 5.13 Å². The maximum absolute atomic E-state index is 12.8. The molecule has 4 rings (SSSR count). The number of ether oxygens (including phenoxy) is 3. The van der Waals surface area contributed by atoms with Crippen molar-refractivity contribution in [1.29, 1.82) is 0 Å². The Morgan fingerprint density at radius 1 is 1.34 bits per heavy atom. The van der Waals surface area contributed by atoms with E-state index in [1.54, 1.807) is 13.1 Å². The van der Waals surface area contributed by atoms with Gasteiger partial charge in [-0.15, -0.1) is 0 Å². The van der Waals surface area contributed by atoms with Gasteiger partial charge in [-0.25, -0.2) is 9.78 Å². The summed E-state index contributed by atoms with van der Waals surface area (Å²) in [5.74, 6) is 0.683. The average molecular weight is 466 g/mol. The van der Waals surface area contributed by atoms with Crippen molar-refractivity contribution < 1.29 is 14.2 Å². The first-order valence-corrected chi connectivity index (χ1v) is 11.5. The first-order valence-electron chi connectivity index (χ1n) is 10.8. The smallest absolute Gasteiger partial charge is 0.330 e. The Balaban J connectivity index is 1.84. The number of nitrogens with zero attached hydrogens (tertiary/aromatic N) is 4. The summed E-state index contributed by atoms with van der Waals surface area (Å²) in [5.41, 5.74) is -1.79. The minimum Gasteiger partial charge on any atom is -0.376 e. The maximum atomic E-state index is 12.8. The monoisotopic (exact) mass is 465 g/mol. The number of anilines is 1. The topological polar surface area (TPSA) is 112 Å². The second-order valence-corrected chi connectivity index (χ2v) is 10.5. The second kappa shape index (κ2) is 8.05. The fourth-order valence-electron chi connectivity index (χ4n) is 4.30. The first kappa shape index (κ1) is 23.1. The molecule has 2 bridgehead atoms. The van der Waals surface area contributed by atoms with Gasteiger partial charge in [0.1, 0.15) is 23.6 Å². The summed E-state index contributed by atoms with van der Waals surface area (Å²) in [4.78, 5) is 33.8. The number of aryl methyl sites for hydroxylation is 2. The van der Waals surface area contributed by atoms with E-state index in [1.807, 2.05) is 41.5 Å². The predicted molar refractivity (Wildman–Crippen MR) is 120 cm³/mol. The van der Waals surface area contributed by atoms with Crippen molar-refractivity contribution >= 4 is 16.7 Å². The van der Waals surface area contributed by atoms with E-state index in [0.29, 0.717) is 24.5 Å². The van der Waals surface area contributed by atoms with Crippen molar-refractivity contribution in [3.63, 3.8) is 0 Å². The number of H-pyrrole nitrogens is 1. The molecule has 2 aliphatic heterocycles. The number of rotatable bonds is 6. The Hall–Kier alpha value is -2.08. The molecule has 2 aromatic rings. The van der Waals surface area contributed by atoms with Crippen molar-refractivity contribution in [2.24, 2.45) is 0 Å². The van der Waals surface area contributed by atoms with E-state index in [2.05, 4.69) is 19.2 Å². The molecule has 0 amide bonds. The van der Waals surface area contributed by atoms with Crippen LogP contribution < -0.4 is 16.1 Å². The summed E-state index contributed by atoms with van der Waals surface area (Å²) < 4.78 is 24.9. The highest BCUT2D eigenvalue weighted by Crippen LogP contribution is 2.50. The van der Waals surface area contributed by atoms with Crippen LogP contribution in [0.25, 0.3) is 0 Å². The van der Waals surface area contributed by atoms with E-state index < -0.39 is 34.8 Å². The largest absolute Gasteiger partial charge is 0.376 e. The minimum absolute atomic E-state index is 0.00312. The SMILES string of the molecule is Cc1nsc(N2C[C@]3(COC(C)C)O[C@@H](n4cc(C)c(=O)[nH]c4=O)[C@H]2[C@@H]3OC(C)(C)C)n1. The zero-order valence-electron chi connectivity index (χ0n) is 19.5. The van der Waals surface area contributed by atoms with Gasteiger partial charge in [-0.05, 0) is 48.5 Å². The van der Waals surface area contributed by atoms with E-state index in [1.165, 1.54) is 16.1 Å². The molecule has 0 radical (unpaired) electrons.